The molecule has 0 bridgehead atoms. The van der Waals surface area contributed by atoms with E-state index in [0.29, 0.717) is 0 Å². The minimum absolute atomic E-state index is 0.0281. The topological polar surface area (TPSA) is 53.4 Å². The summed E-state index contributed by atoms with van der Waals surface area (Å²) in [5.74, 6) is -0.831. The fourth-order valence-electron chi connectivity index (χ4n) is 1.45. The molecule has 0 saturated carbocycles. The molecule has 1 aromatic carbocycles. The van der Waals surface area contributed by atoms with Crippen LogP contribution in [0.4, 0.5) is 10.8 Å². The van der Waals surface area contributed by atoms with Crippen LogP contribution < -0.4 is 4.90 Å². The molecule has 1 N–H and O–H groups in total. The highest BCUT2D eigenvalue weighted by Gasteiger charge is 2.10. The van der Waals surface area contributed by atoms with E-state index < -0.39 is 5.97 Å². The second kappa shape index (κ2) is 4.97. The highest BCUT2D eigenvalue weighted by atomic mass is 32.1. The number of rotatable bonds is 4. The van der Waals surface area contributed by atoms with E-state index in [1.807, 2.05) is 42.3 Å². The molecular weight excluding hydrogens is 236 g/mol. The Labute approximate surface area is 103 Å². The second-order valence-corrected chi connectivity index (χ2v) is 4.67. The SMILES string of the molecule is CN(c1ccccc1)c1ncc(CC(=O)O)s1. The van der Waals surface area contributed by atoms with E-state index in [1.165, 1.54) is 11.3 Å². The number of benzene rings is 1. The van der Waals surface area contributed by atoms with Gasteiger partial charge < -0.3 is 10.0 Å². The van der Waals surface area contributed by atoms with E-state index in [1.54, 1.807) is 6.20 Å². The van der Waals surface area contributed by atoms with Crippen molar-refractivity contribution in [2.24, 2.45) is 0 Å². The van der Waals surface area contributed by atoms with Crippen LogP contribution in [0.3, 0.4) is 0 Å². The molecule has 0 aliphatic carbocycles. The Morgan fingerprint density at radius 3 is 2.76 bits per heavy atom. The van der Waals surface area contributed by atoms with Crippen LogP contribution in [0.1, 0.15) is 4.88 Å². The van der Waals surface area contributed by atoms with Crippen LogP contribution in [-0.4, -0.2) is 23.1 Å². The molecule has 0 fully saturated rings. The Morgan fingerprint density at radius 1 is 1.41 bits per heavy atom. The van der Waals surface area contributed by atoms with Crippen molar-refractivity contribution in [3.05, 3.63) is 41.4 Å². The van der Waals surface area contributed by atoms with Gasteiger partial charge in [0, 0.05) is 23.8 Å². The molecule has 4 nitrogen and oxygen atoms in total. The van der Waals surface area contributed by atoms with Crippen LogP contribution in [0.15, 0.2) is 36.5 Å². The minimum Gasteiger partial charge on any atom is -0.481 e. The van der Waals surface area contributed by atoms with Crippen molar-refractivity contribution in [2.75, 3.05) is 11.9 Å². The van der Waals surface area contributed by atoms with Gasteiger partial charge in [0.15, 0.2) is 5.13 Å². The third-order valence-corrected chi connectivity index (χ3v) is 3.37. The van der Waals surface area contributed by atoms with E-state index in [0.717, 1.165) is 15.7 Å². The molecule has 0 unspecified atom stereocenters. The average molecular weight is 248 g/mol. The maximum atomic E-state index is 10.6. The molecule has 0 spiro atoms. The maximum absolute atomic E-state index is 10.6. The van der Waals surface area contributed by atoms with E-state index in [2.05, 4.69) is 4.98 Å². The van der Waals surface area contributed by atoms with Gasteiger partial charge in [-0.1, -0.05) is 18.2 Å². The second-order valence-electron chi connectivity index (χ2n) is 3.57. The van der Waals surface area contributed by atoms with Crippen LogP contribution in [-0.2, 0) is 11.2 Å². The van der Waals surface area contributed by atoms with Crippen molar-refractivity contribution >= 4 is 28.1 Å². The fourth-order valence-corrected chi connectivity index (χ4v) is 2.33. The van der Waals surface area contributed by atoms with Crippen molar-refractivity contribution in [1.82, 2.24) is 4.98 Å². The van der Waals surface area contributed by atoms with Crippen LogP contribution in [0.5, 0.6) is 0 Å². The summed E-state index contributed by atoms with van der Waals surface area (Å²) in [7, 11) is 1.92. The molecule has 2 rings (SSSR count). The average Bonchev–Trinajstić information content (AvgIpc) is 2.77. The Morgan fingerprint density at radius 2 is 2.12 bits per heavy atom. The Hall–Kier alpha value is -1.88. The molecule has 1 heterocycles. The van der Waals surface area contributed by atoms with Crippen molar-refractivity contribution in [3.8, 4) is 0 Å². The smallest absolute Gasteiger partial charge is 0.308 e. The number of carboxylic acid groups (broad SMARTS) is 1. The molecule has 0 amide bonds. The number of hydrogen-bond acceptors (Lipinski definition) is 4. The van der Waals surface area contributed by atoms with Gasteiger partial charge in [0.2, 0.25) is 0 Å². The highest BCUT2D eigenvalue weighted by molar-refractivity contribution is 7.15. The van der Waals surface area contributed by atoms with Gasteiger partial charge in [-0.25, -0.2) is 4.98 Å². The lowest BCUT2D eigenvalue weighted by Gasteiger charge is -2.15. The lowest BCUT2D eigenvalue weighted by Crippen LogP contribution is -2.08. The Kier molecular flexibility index (Phi) is 3.39. The molecule has 0 aliphatic rings. The van der Waals surface area contributed by atoms with Crippen LogP contribution in [0.25, 0.3) is 0 Å². The molecule has 0 atom stereocenters. The fraction of sp³-hybridized carbons (Fsp3) is 0.167. The summed E-state index contributed by atoms with van der Waals surface area (Å²) in [4.78, 5) is 17.5. The standard InChI is InChI=1S/C12H12N2O2S/c1-14(9-5-3-2-4-6-9)12-13-8-10(17-12)7-11(15)16/h2-6,8H,7H2,1H3,(H,15,16). The van der Waals surface area contributed by atoms with E-state index in [9.17, 15) is 4.79 Å². The zero-order valence-electron chi connectivity index (χ0n) is 9.33. The van der Waals surface area contributed by atoms with E-state index in [-0.39, 0.29) is 6.42 Å². The van der Waals surface area contributed by atoms with Crippen LogP contribution >= 0.6 is 11.3 Å². The predicted molar refractivity (Wildman–Crippen MR) is 68.0 cm³/mol. The summed E-state index contributed by atoms with van der Waals surface area (Å²) in [5.41, 5.74) is 1.03. The van der Waals surface area contributed by atoms with Gasteiger partial charge in [-0.05, 0) is 12.1 Å². The van der Waals surface area contributed by atoms with Gasteiger partial charge in [-0.3, -0.25) is 4.79 Å². The Balaban J connectivity index is 2.17. The first-order chi connectivity index (χ1) is 8.16. The molecule has 0 saturated heterocycles. The minimum atomic E-state index is -0.831. The summed E-state index contributed by atoms with van der Waals surface area (Å²) >= 11 is 1.40. The van der Waals surface area contributed by atoms with Crippen molar-refractivity contribution in [1.29, 1.82) is 0 Å². The largest absolute Gasteiger partial charge is 0.481 e. The third-order valence-electron chi connectivity index (χ3n) is 2.30. The quantitative estimate of drug-likeness (QED) is 0.903. The van der Waals surface area contributed by atoms with Crippen LogP contribution in [0.2, 0.25) is 0 Å². The number of anilines is 2. The summed E-state index contributed by atoms with van der Waals surface area (Å²) in [6.07, 6.45) is 1.65. The summed E-state index contributed by atoms with van der Waals surface area (Å²) in [5, 5.41) is 9.50. The molecule has 5 heteroatoms. The number of aromatic nitrogens is 1. The molecule has 1 aromatic heterocycles. The third kappa shape index (κ3) is 2.82. The zero-order chi connectivity index (χ0) is 12.3. The highest BCUT2D eigenvalue weighted by Crippen LogP contribution is 2.27. The van der Waals surface area contributed by atoms with E-state index >= 15 is 0 Å². The van der Waals surface area contributed by atoms with Gasteiger partial charge in [0.25, 0.3) is 0 Å². The van der Waals surface area contributed by atoms with Gasteiger partial charge in [-0.15, -0.1) is 11.3 Å². The van der Waals surface area contributed by atoms with Crippen molar-refractivity contribution in [3.63, 3.8) is 0 Å². The van der Waals surface area contributed by atoms with Crippen LogP contribution in [0, 0.1) is 0 Å². The van der Waals surface area contributed by atoms with Gasteiger partial charge in [-0.2, -0.15) is 0 Å². The number of para-hydroxylation sites is 1. The molecule has 2 aromatic rings. The van der Waals surface area contributed by atoms with Crippen molar-refractivity contribution in [2.45, 2.75) is 6.42 Å². The monoisotopic (exact) mass is 248 g/mol. The summed E-state index contributed by atoms with van der Waals surface area (Å²) < 4.78 is 0. The maximum Gasteiger partial charge on any atom is 0.308 e. The number of thiazole rings is 1. The first-order valence-corrected chi connectivity index (χ1v) is 5.94. The Bertz CT molecular complexity index is 510. The first-order valence-electron chi connectivity index (χ1n) is 5.12. The summed E-state index contributed by atoms with van der Waals surface area (Å²) in [6, 6.07) is 9.83. The molecule has 88 valence electrons. The number of carbonyl (C=O) groups is 1. The first kappa shape index (κ1) is 11.6. The van der Waals surface area contributed by atoms with Gasteiger partial charge in [0.05, 0.1) is 6.42 Å². The number of aliphatic carboxylic acids is 1. The lowest BCUT2D eigenvalue weighted by molar-refractivity contribution is -0.136. The van der Waals surface area contributed by atoms with Gasteiger partial charge >= 0.3 is 5.97 Å². The lowest BCUT2D eigenvalue weighted by atomic mass is 10.3. The number of hydrogen-bond donors (Lipinski definition) is 1. The molecule has 0 aliphatic heterocycles. The van der Waals surface area contributed by atoms with Gasteiger partial charge in [0.1, 0.15) is 0 Å². The molecule has 17 heavy (non-hydrogen) atoms. The van der Waals surface area contributed by atoms with E-state index in [4.69, 9.17) is 5.11 Å². The zero-order valence-corrected chi connectivity index (χ0v) is 10.1. The normalized spacial score (nSPS) is 10.2. The van der Waals surface area contributed by atoms with Crippen molar-refractivity contribution < 1.29 is 9.90 Å². The molecular formula is C12H12N2O2S. The number of carboxylic acids is 1. The molecule has 0 radical (unpaired) electrons. The summed E-state index contributed by atoms with van der Waals surface area (Å²) in [6.45, 7) is 0. The number of nitrogens with zero attached hydrogens (tertiary/aromatic N) is 2. The predicted octanol–water partition coefficient (Wildman–Crippen LogP) is 2.54.